The van der Waals surface area contributed by atoms with Crippen LogP contribution in [0.2, 0.25) is 0 Å². The van der Waals surface area contributed by atoms with E-state index in [1.165, 1.54) is 32.6 Å². The highest BCUT2D eigenvalue weighted by molar-refractivity contribution is 5.73. The van der Waals surface area contributed by atoms with Gasteiger partial charge in [-0.1, -0.05) is 18.9 Å². The Morgan fingerprint density at radius 1 is 1.34 bits per heavy atom. The first-order chi connectivity index (χ1) is 15.5. The lowest BCUT2D eigenvalue weighted by atomic mass is 9.71. The summed E-state index contributed by atoms with van der Waals surface area (Å²) in [6.07, 6.45) is 6.47. The summed E-state index contributed by atoms with van der Waals surface area (Å²) in [5, 5.41) is 0. The van der Waals surface area contributed by atoms with Crippen molar-refractivity contribution in [1.29, 1.82) is 0 Å². The van der Waals surface area contributed by atoms with E-state index in [2.05, 4.69) is 16.8 Å². The molecule has 1 aromatic heterocycles. The van der Waals surface area contributed by atoms with Crippen molar-refractivity contribution in [3.8, 4) is 16.9 Å². The predicted octanol–water partition coefficient (Wildman–Crippen LogP) is 3.95. The maximum absolute atomic E-state index is 14.4. The third-order valence-electron chi connectivity index (χ3n) is 7.33. The number of nitrogens with zero attached hydrogens (tertiary/aromatic N) is 3. The summed E-state index contributed by atoms with van der Waals surface area (Å²) in [4.78, 5) is 11.2. The van der Waals surface area contributed by atoms with Crippen LogP contribution in [0.4, 0.5) is 4.39 Å². The second-order valence-electron chi connectivity index (χ2n) is 9.44. The van der Waals surface area contributed by atoms with Crippen LogP contribution in [-0.4, -0.2) is 48.8 Å². The van der Waals surface area contributed by atoms with E-state index >= 15 is 0 Å². The zero-order valence-electron chi connectivity index (χ0n) is 18.8. The second-order valence-corrected chi connectivity index (χ2v) is 9.44. The van der Waals surface area contributed by atoms with Crippen LogP contribution in [0.5, 0.6) is 5.75 Å². The van der Waals surface area contributed by atoms with Crippen molar-refractivity contribution in [3.63, 3.8) is 0 Å². The van der Waals surface area contributed by atoms with Gasteiger partial charge in [-0.25, -0.2) is 9.98 Å². The normalized spacial score (nSPS) is 27.9. The molecule has 0 radical (unpaired) electrons. The molecule has 6 nitrogen and oxygen atoms in total. The Hall–Kier alpha value is -2.67. The molecule has 3 atom stereocenters. The molecule has 1 saturated carbocycles. The molecule has 5 rings (SSSR count). The average molecular weight is 439 g/mol. The molecule has 3 aliphatic rings. The first-order valence-electron chi connectivity index (χ1n) is 11.5. The number of aromatic nitrogens is 1. The summed E-state index contributed by atoms with van der Waals surface area (Å²) in [5.41, 5.74) is 7.55. The van der Waals surface area contributed by atoms with Crippen LogP contribution >= 0.6 is 0 Å². The van der Waals surface area contributed by atoms with Crippen LogP contribution in [-0.2, 0) is 10.3 Å². The number of ether oxygens (including phenoxy) is 2. The van der Waals surface area contributed by atoms with Crippen molar-refractivity contribution in [2.75, 3.05) is 26.7 Å². The average Bonchev–Trinajstić information content (AvgIpc) is 3.63. The van der Waals surface area contributed by atoms with Gasteiger partial charge in [0.25, 0.3) is 6.02 Å². The predicted molar refractivity (Wildman–Crippen MR) is 122 cm³/mol. The highest BCUT2D eigenvalue weighted by atomic mass is 19.1. The third-order valence-corrected chi connectivity index (χ3v) is 7.33. The lowest BCUT2D eigenvalue weighted by molar-refractivity contribution is -0.0121. The number of hydrogen-bond acceptors (Lipinski definition) is 5. The van der Waals surface area contributed by atoms with Gasteiger partial charge in [0.15, 0.2) is 0 Å². The molecule has 0 bridgehead atoms. The van der Waals surface area contributed by atoms with Crippen LogP contribution in [0.3, 0.4) is 0 Å². The van der Waals surface area contributed by atoms with Crippen LogP contribution < -0.4 is 10.5 Å². The monoisotopic (exact) mass is 438 g/mol. The van der Waals surface area contributed by atoms with Gasteiger partial charge in [0.2, 0.25) is 5.95 Å². The molecule has 1 aliphatic carbocycles. The van der Waals surface area contributed by atoms with Gasteiger partial charge >= 0.3 is 0 Å². The number of methoxy groups -OCH3 is 1. The number of piperidine rings is 1. The lowest BCUT2D eigenvalue weighted by Gasteiger charge is -2.49. The van der Waals surface area contributed by atoms with Gasteiger partial charge < -0.3 is 20.1 Å². The van der Waals surface area contributed by atoms with Crippen LogP contribution in [0.25, 0.3) is 11.1 Å². The lowest BCUT2D eigenvalue weighted by Crippen LogP contribution is -2.55. The maximum Gasteiger partial charge on any atom is 0.282 e. The standard InChI is InChI=1S/C25H31FN4O2/c1-25(29-24(27)31-2)19-14-17(18-4-3-11-28-23(18)26)7-8-21(19)32-22-10-13-30(15-20(22)25)12-9-16-5-6-16/h3-4,7-8,11,14,16,20,22H,5-6,9-10,12-13,15H2,1-2H3,(H2,27,29)/t20-,22?,25?/m0/s1. The van der Waals surface area contributed by atoms with Crippen LogP contribution in [0.1, 0.15) is 38.2 Å². The molecule has 2 N–H and O–H groups in total. The third kappa shape index (κ3) is 3.94. The number of hydrogen-bond donors (Lipinski definition) is 1. The van der Waals surface area contributed by atoms with Crippen molar-refractivity contribution in [3.05, 3.63) is 48.0 Å². The molecular formula is C25H31FN4O2. The summed E-state index contributed by atoms with van der Waals surface area (Å²) >= 11 is 0. The second kappa shape index (κ2) is 8.35. The summed E-state index contributed by atoms with van der Waals surface area (Å²) < 4.78 is 26.2. The smallest absolute Gasteiger partial charge is 0.282 e. The first-order valence-corrected chi connectivity index (χ1v) is 11.5. The van der Waals surface area contributed by atoms with Crippen molar-refractivity contribution in [2.45, 2.75) is 44.2 Å². The van der Waals surface area contributed by atoms with Gasteiger partial charge in [-0.05, 0) is 62.1 Å². The molecule has 3 heterocycles. The van der Waals surface area contributed by atoms with Crippen molar-refractivity contribution in [1.82, 2.24) is 9.88 Å². The number of amidine groups is 1. The van der Waals surface area contributed by atoms with E-state index < -0.39 is 11.5 Å². The zero-order chi connectivity index (χ0) is 22.3. The van der Waals surface area contributed by atoms with E-state index in [9.17, 15) is 4.39 Å². The minimum atomic E-state index is -0.648. The van der Waals surface area contributed by atoms with Gasteiger partial charge in [0.1, 0.15) is 11.9 Å². The van der Waals surface area contributed by atoms with E-state index in [-0.39, 0.29) is 18.0 Å². The van der Waals surface area contributed by atoms with E-state index in [0.29, 0.717) is 5.56 Å². The Bertz CT molecular complexity index is 1020. The molecule has 32 heavy (non-hydrogen) atoms. The molecule has 1 saturated heterocycles. The highest BCUT2D eigenvalue weighted by Gasteiger charge is 2.50. The summed E-state index contributed by atoms with van der Waals surface area (Å²) in [7, 11) is 1.53. The Labute approximate surface area is 188 Å². The number of benzene rings is 1. The number of nitrogens with two attached hydrogens (primary N) is 1. The Kier molecular flexibility index (Phi) is 5.53. The molecular weight excluding hydrogens is 407 g/mol. The molecule has 0 spiro atoms. The molecule has 7 heteroatoms. The van der Waals surface area contributed by atoms with E-state index in [0.717, 1.165) is 48.8 Å². The van der Waals surface area contributed by atoms with Crippen LogP contribution in [0.15, 0.2) is 41.5 Å². The quantitative estimate of drug-likeness (QED) is 0.435. The summed E-state index contributed by atoms with van der Waals surface area (Å²) in [6.45, 7) is 5.13. The molecule has 2 aromatic rings. The van der Waals surface area contributed by atoms with Gasteiger partial charge in [-0.3, -0.25) is 0 Å². The Balaban J connectivity index is 1.54. The van der Waals surface area contributed by atoms with E-state index in [4.69, 9.17) is 20.2 Å². The Morgan fingerprint density at radius 3 is 2.94 bits per heavy atom. The molecule has 170 valence electrons. The largest absolute Gasteiger partial charge is 0.490 e. The minimum absolute atomic E-state index is 0.0547. The fourth-order valence-corrected chi connectivity index (χ4v) is 5.23. The molecule has 2 fully saturated rings. The molecule has 2 aliphatic heterocycles. The van der Waals surface area contributed by atoms with Crippen LogP contribution in [0, 0.1) is 17.8 Å². The maximum atomic E-state index is 14.4. The topological polar surface area (TPSA) is 73.0 Å². The first kappa shape index (κ1) is 21.2. The van der Waals surface area contributed by atoms with Crippen molar-refractivity contribution >= 4 is 6.02 Å². The summed E-state index contributed by atoms with van der Waals surface area (Å²) in [6, 6.07) is 9.40. The molecule has 0 amide bonds. The van der Waals surface area contributed by atoms with Crippen molar-refractivity contribution < 1.29 is 13.9 Å². The van der Waals surface area contributed by atoms with Crippen molar-refractivity contribution in [2.24, 2.45) is 22.6 Å². The fourth-order valence-electron chi connectivity index (χ4n) is 5.23. The van der Waals surface area contributed by atoms with E-state index in [1.807, 2.05) is 18.2 Å². The molecule has 1 aromatic carbocycles. The summed E-state index contributed by atoms with van der Waals surface area (Å²) in [5.74, 6) is 1.31. The van der Waals surface area contributed by atoms with Gasteiger partial charge in [0.05, 0.1) is 12.6 Å². The van der Waals surface area contributed by atoms with Gasteiger partial charge in [-0.15, -0.1) is 0 Å². The number of fused-ring (bicyclic) bond motifs is 2. The van der Waals surface area contributed by atoms with Gasteiger partial charge in [0, 0.05) is 36.3 Å². The number of halogens is 1. The number of likely N-dealkylation sites (tertiary alicyclic amines) is 1. The van der Waals surface area contributed by atoms with Gasteiger partial charge in [-0.2, -0.15) is 4.39 Å². The number of pyridine rings is 1. The molecule has 2 unspecified atom stereocenters. The highest BCUT2D eigenvalue weighted by Crippen LogP contribution is 2.49. The fraction of sp³-hybridized carbons (Fsp3) is 0.520. The van der Waals surface area contributed by atoms with E-state index in [1.54, 1.807) is 12.1 Å². The Morgan fingerprint density at radius 2 is 2.19 bits per heavy atom. The number of aliphatic imine (C=N–C) groups is 1. The minimum Gasteiger partial charge on any atom is -0.490 e. The zero-order valence-corrected chi connectivity index (χ0v) is 18.8. The number of rotatable bonds is 5. The SMILES string of the molecule is CO/C(N)=N\C1(C)c2cc(-c3cccnc3F)ccc2OC2CCN(CCC3CC3)C[C@@H]21.